The van der Waals surface area contributed by atoms with Crippen LogP contribution in [0.4, 0.5) is 0 Å². The van der Waals surface area contributed by atoms with Gasteiger partial charge in [0.2, 0.25) is 0 Å². The van der Waals surface area contributed by atoms with Gasteiger partial charge in [-0.3, -0.25) is 0 Å². The summed E-state index contributed by atoms with van der Waals surface area (Å²) >= 11 is 7.73. The monoisotopic (exact) mass is 309 g/mol. The van der Waals surface area contributed by atoms with E-state index in [0.717, 1.165) is 45.7 Å². The molecule has 108 valence electrons. The molecule has 2 rings (SSSR count). The molecule has 0 spiro atoms. The number of nitrogens with one attached hydrogen (secondary N) is 1. The summed E-state index contributed by atoms with van der Waals surface area (Å²) in [6.07, 6.45) is 0.921. The molecular formula is C15H20ClN3S. The fourth-order valence-electron chi connectivity index (χ4n) is 1.92. The van der Waals surface area contributed by atoms with Gasteiger partial charge in [0.15, 0.2) is 0 Å². The fraction of sp³-hybridized carbons (Fsp3) is 0.467. The summed E-state index contributed by atoms with van der Waals surface area (Å²) in [6.45, 7) is 8.43. The third-order valence-corrected chi connectivity index (χ3v) is 4.07. The van der Waals surface area contributed by atoms with E-state index in [9.17, 15) is 0 Å². The lowest BCUT2D eigenvalue weighted by atomic mass is 10.1. The topological polar surface area (TPSA) is 37.8 Å². The summed E-state index contributed by atoms with van der Waals surface area (Å²) in [7, 11) is 0. The zero-order chi connectivity index (χ0) is 14.5. The molecule has 0 atom stereocenters. The van der Waals surface area contributed by atoms with Crippen LogP contribution >= 0.6 is 22.9 Å². The highest BCUT2D eigenvalue weighted by Crippen LogP contribution is 2.27. The maximum absolute atomic E-state index is 6.09. The predicted molar refractivity (Wildman–Crippen MR) is 86.5 cm³/mol. The van der Waals surface area contributed by atoms with Gasteiger partial charge in [0.25, 0.3) is 0 Å². The number of aromatic nitrogens is 2. The van der Waals surface area contributed by atoms with E-state index in [1.807, 2.05) is 19.1 Å². The van der Waals surface area contributed by atoms with Crippen molar-refractivity contribution in [2.75, 3.05) is 13.1 Å². The Kier molecular flexibility index (Phi) is 5.52. The van der Waals surface area contributed by atoms with E-state index in [1.165, 1.54) is 0 Å². The minimum atomic E-state index is 0.675. The van der Waals surface area contributed by atoms with Crippen molar-refractivity contribution < 1.29 is 0 Å². The molecule has 2 aromatic rings. The molecule has 1 heterocycles. The third kappa shape index (κ3) is 4.54. The summed E-state index contributed by atoms with van der Waals surface area (Å²) in [5.74, 6) is 0.675. The second-order valence-corrected chi connectivity index (χ2v) is 6.86. The van der Waals surface area contributed by atoms with Crippen molar-refractivity contribution in [2.45, 2.75) is 27.2 Å². The molecule has 0 unspecified atom stereocenters. The van der Waals surface area contributed by atoms with E-state index in [-0.39, 0.29) is 0 Å². The smallest absolute Gasteiger partial charge is 0.147 e. The van der Waals surface area contributed by atoms with Gasteiger partial charge in [-0.15, -0.1) is 10.2 Å². The van der Waals surface area contributed by atoms with Crippen LogP contribution in [0.2, 0.25) is 5.02 Å². The summed E-state index contributed by atoms with van der Waals surface area (Å²) < 4.78 is 0. The van der Waals surface area contributed by atoms with Crippen LogP contribution in [0.5, 0.6) is 0 Å². The number of rotatable bonds is 6. The summed E-state index contributed by atoms with van der Waals surface area (Å²) in [5.41, 5.74) is 2.19. The molecule has 1 aromatic heterocycles. The van der Waals surface area contributed by atoms with Crippen molar-refractivity contribution in [2.24, 2.45) is 5.92 Å². The van der Waals surface area contributed by atoms with Crippen molar-refractivity contribution in [1.82, 2.24) is 15.5 Å². The van der Waals surface area contributed by atoms with Crippen LogP contribution in [0.15, 0.2) is 18.2 Å². The Morgan fingerprint density at radius 1 is 1.25 bits per heavy atom. The maximum atomic E-state index is 6.09. The molecule has 0 fully saturated rings. The van der Waals surface area contributed by atoms with Crippen molar-refractivity contribution in [1.29, 1.82) is 0 Å². The average Bonchev–Trinajstić information content (AvgIpc) is 2.82. The average molecular weight is 310 g/mol. The largest absolute Gasteiger partial charge is 0.316 e. The molecule has 3 nitrogen and oxygen atoms in total. The van der Waals surface area contributed by atoms with Crippen LogP contribution in [-0.4, -0.2) is 23.3 Å². The summed E-state index contributed by atoms with van der Waals surface area (Å²) in [5, 5.41) is 14.7. The SMILES string of the molecule is Cc1cc(Cl)cc(-c2nnc(CCNCC(C)C)s2)c1. The zero-order valence-corrected chi connectivity index (χ0v) is 13.7. The Morgan fingerprint density at radius 3 is 2.75 bits per heavy atom. The first kappa shape index (κ1) is 15.4. The molecule has 0 amide bonds. The molecule has 0 saturated carbocycles. The van der Waals surface area contributed by atoms with Gasteiger partial charge in [-0.2, -0.15) is 0 Å². The number of benzene rings is 1. The van der Waals surface area contributed by atoms with E-state index in [1.54, 1.807) is 11.3 Å². The van der Waals surface area contributed by atoms with E-state index in [0.29, 0.717) is 5.92 Å². The van der Waals surface area contributed by atoms with Crippen molar-refractivity contribution >= 4 is 22.9 Å². The normalized spacial score (nSPS) is 11.2. The lowest BCUT2D eigenvalue weighted by Gasteiger charge is -2.05. The zero-order valence-electron chi connectivity index (χ0n) is 12.1. The predicted octanol–water partition coefficient (Wildman–Crippen LogP) is 3.96. The Bertz CT molecular complexity index is 546. The molecule has 1 aromatic carbocycles. The first-order chi connectivity index (χ1) is 9.54. The Morgan fingerprint density at radius 2 is 2.05 bits per heavy atom. The van der Waals surface area contributed by atoms with Crippen molar-refractivity contribution in [3.63, 3.8) is 0 Å². The highest BCUT2D eigenvalue weighted by molar-refractivity contribution is 7.14. The minimum absolute atomic E-state index is 0.675. The number of hydrogen-bond donors (Lipinski definition) is 1. The number of halogens is 1. The van der Waals surface area contributed by atoms with Crippen LogP contribution < -0.4 is 5.32 Å². The molecule has 0 saturated heterocycles. The molecule has 5 heteroatoms. The molecule has 0 bridgehead atoms. The van der Waals surface area contributed by atoms with Crippen LogP contribution in [0.25, 0.3) is 10.6 Å². The van der Waals surface area contributed by atoms with Crippen LogP contribution in [-0.2, 0) is 6.42 Å². The molecule has 0 aliphatic carbocycles. The molecule has 1 N–H and O–H groups in total. The number of aryl methyl sites for hydroxylation is 1. The van der Waals surface area contributed by atoms with Gasteiger partial charge < -0.3 is 5.32 Å². The summed E-state index contributed by atoms with van der Waals surface area (Å²) in [4.78, 5) is 0. The highest BCUT2D eigenvalue weighted by atomic mass is 35.5. The lowest BCUT2D eigenvalue weighted by Crippen LogP contribution is -2.22. The Labute approximate surface area is 129 Å². The second kappa shape index (κ2) is 7.16. The highest BCUT2D eigenvalue weighted by Gasteiger charge is 2.08. The lowest BCUT2D eigenvalue weighted by molar-refractivity contribution is 0.553. The Hall–Kier alpha value is -0.970. The third-order valence-electron chi connectivity index (χ3n) is 2.82. The van der Waals surface area contributed by atoms with Crippen molar-refractivity contribution in [3.05, 3.63) is 33.8 Å². The number of hydrogen-bond acceptors (Lipinski definition) is 4. The van der Waals surface area contributed by atoms with Gasteiger partial charge in [-0.1, -0.05) is 36.8 Å². The van der Waals surface area contributed by atoms with Crippen LogP contribution in [0.3, 0.4) is 0 Å². The maximum Gasteiger partial charge on any atom is 0.147 e. The van der Waals surface area contributed by atoms with Gasteiger partial charge in [0.1, 0.15) is 10.0 Å². The second-order valence-electron chi connectivity index (χ2n) is 5.37. The summed E-state index contributed by atoms with van der Waals surface area (Å²) in [6, 6.07) is 5.98. The molecular weight excluding hydrogens is 290 g/mol. The first-order valence-electron chi connectivity index (χ1n) is 6.85. The van der Waals surface area contributed by atoms with Crippen LogP contribution in [0.1, 0.15) is 24.4 Å². The first-order valence-corrected chi connectivity index (χ1v) is 8.04. The minimum Gasteiger partial charge on any atom is -0.316 e. The number of nitrogens with zero attached hydrogens (tertiary/aromatic N) is 2. The fourth-order valence-corrected chi connectivity index (χ4v) is 3.03. The molecule has 0 aliphatic rings. The van der Waals surface area contributed by atoms with Gasteiger partial charge in [0, 0.05) is 23.6 Å². The van der Waals surface area contributed by atoms with E-state index in [4.69, 9.17) is 11.6 Å². The van der Waals surface area contributed by atoms with E-state index < -0.39 is 0 Å². The van der Waals surface area contributed by atoms with Crippen molar-refractivity contribution in [3.8, 4) is 10.6 Å². The molecule has 20 heavy (non-hydrogen) atoms. The van der Waals surface area contributed by atoms with Gasteiger partial charge in [-0.05, 0) is 43.1 Å². The van der Waals surface area contributed by atoms with Crippen LogP contribution in [0, 0.1) is 12.8 Å². The van der Waals surface area contributed by atoms with E-state index in [2.05, 4.69) is 35.4 Å². The standard InChI is InChI=1S/C15H20ClN3S/c1-10(2)9-17-5-4-14-18-19-15(20-14)12-6-11(3)7-13(16)8-12/h6-8,10,17H,4-5,9H2,1-3H3. The molecule has 0 aliphatic heterocycles. The molecule has 0 radical (unpaired) electrons. The quantitative estimate of drug-likeness (QED) is 0.821. The van der Waals surface area contributed by atoms with Gasteiger partial charge in [0.05, 0.1) is 0 Å². The van der Waals surface area contributed by atoms with Gasteiger partial charge >= 0.3 is 0 Å². The van der Waals surface area contributed by atoms with Gasteiger partial charge in [-0.25, -0.2) is 0 Å². The Balaban J connectivity index is 1.98. The van der Waals surface area contributed by atoms with E-state index >= 15 is 0 Å².